The molecule has 0 radical (unpaired) electrons. The van der Waals surface area contributed by atoms with Gasteiger partial charge in [0.25, 0.3) is 0 Å². The summed E-state index contributed by atoms with van der Waals surface area (Å²) in [6, 6.07) is 14.1. The highest BCUT2D eigenvalue weighted by Crippen LogP contribution is 2.32. The molecule has 40 heavy (non-hydrogen) atoms. The number of hydrogen-bond acceptors (Lipinski definition) is 6. The normalized spacial score (nSPS) is 23.6. The summed E-state index contributed by atoms with van der Waals surface area (Å²) in [6.45, 7) is 3.67. The van der Waals surface area contributed by atoms with Crippen LogP contribution in [0.1, 0.15) is 61.5 Å². The number of nitrogens with one attached hydrogen (secondary N) is 2. The molecule has 1 aliphatic heterocycles. The zero-order valence-corrected chi connectivity index (χ0v) is 22.5. The summed E-state index contributed by atoms with van der Waals surface area (Å²) in [5.74, 6) is 0.307. The number of rotatable bonds is 7. The predicted octanol–water partition coefficient (Wildman–Crippen LogP) is 5.63. The lowest BCUT2D eigenvalue weighted by Crippen LogP contribution is -2.61. The molecule has 5 rings (SSSR count). The summed E-state index contributed by atoms with van der Waals surface area (Å²) in [5.41, 5.74) is 7.40. The largest absolute Gasteiger partial charge is 0.433 e. The molecule has 2 aromatic heterocycles. The molecule has 1 aliphatic carbocycles. The molecule has 7 nitrogen and oxygen atoms in total. The molecule has 1 aromatic carbocycles. The molecule has 212 valence electrons. The predicted molar refractivity (Wildman–Crippen MR) is 150 cm³/mol. The van der Waals surface area contributed by atoms with Crippen molar-refractivity contribution in [3.63, 3.8) is 0 Å². The molecular weight excluding hydrogens is 517 g/mol. The number of anilines is 2. The van der Waals surface area contributed by atoms with Crippen molar-refractivity contribution in [2.45, 2.75) is 69.2 Å². The summed E-state index contributed by atoms with van der Waals surface area (Å²) in [5, 5.41) is 7.58. The average molecular weight is 553 g/mol. The van der Waals surface area contributed by atoms with Gasteiger partial charge in [-0.1, -0.05) is 25.0 Å². The van der Waals surface area contributed by atoms with Crippen LogP contribution >= 0.6 is 0 Å². The molecular formula is C30H35F3N6O. The van der Waals surface area contributed by atoms with Crippen molar-refractivity contribution in [1.82, 2.24) is 15.3 Å². The quantitative estimate of drug-likeness (QED) is 0.352. The minimum atomic E-state index is -4.44. The van der Waals surface area contributed by atoms with E-state index in [1.54, 1.807) is 18.3 Å². The maximum Gasteiger partial charge on any atom is 0.433 e. The van der Waals surface area contributed by atoms with Gasteiger partial charge in [-0.2, -0.15) is 13.2 Å². The van der Waals surface area contributed by atoms with Gasteiger partial charge in [0.05, 0.1) is 11.9 Å². The van der Waals surface area contributed by atoms with Gasteiger partial charge in [0.1, 0.15) is 11.5 Å². The number of hydrogen-bond donors (Lipinski definition) is 3. The highest BCUT2D eigenvalue weighted by atomic mass is 19.4. The molecule has 0 bridgehead atoms. The molecule has 1 saturated carbocycles. The Bertz CT molecular complexity index is 1330. The van der Waals surface area contributed by atoms with E-state index >= 15 is 0 Å². The molecule has 2 fully saturated rings. The van der Waals surface area contributed by atoms with E-state index in [2.05, 4.69) is 32.4 Å². The zero-order valence-electron chi connectivity index (χ0n) is 22.5. The molecule has 0 unspecified atom stereocenters. The third kappa shape index (κ3) is 6.55. The van der Waals surface area contributed by atoms with Crippen LogP contribution in [0.5, 0.6) is 0 Å². The number of piperidine rings is 1. The van der Waals surface area contributed by atoms with Crippen LogP contribution in [-0.4, -0.2) is 46.6 Å². The average Bonchev–Trinajstić information content (AvgIpc) is 2.94. The van der Waals surface area contributed by atoms with Crippen molar-refractivity contribution >= 4 is 17.4 Å². The number of carbonyl (C=O) groups is 1. The van der Waals surface area contributed by atoms with Crippen molar-refractivity contribution in [1.29, 1.82) is 0 Å². The minimum Gasteiger partial charge on any atom is -0.368 e. The number of nitrogens with two attached hydrogens (primary N) is 1. The molecule has 10 heteroatoms. The first-order valence-corrected chi connectivity index (χ1v) is 13.8. The lowest BCUT2D eigenvalue weighted by atomic mass is 9.84. The van der Waals surface area contributed by atoms with Gasteiger partial charge >= 0.3 is 6.18 Å². The third-order valence-corrected chi connectivity index (χ3v) is 7.97. The number of alkyl halides is 3. The van der Waals surface area contributed by atoms with Gasteiger partial charge < -0.3 is 21.3 Å². The number of benzene rings is 1. The van der Waals surface area contributed by atoms with Gasteiger partial charge in [0, 0.05) is 42.5 Å². The Balaban J connectivity index is 1.28. The van der Waals surface area contributed by atoms with Crippen molar-refractivity contribution < 1.29 is 18.0 Å². The molecule has 3 heterocycles. The van der Waals surface area contributed by atoms with Crippen molar-refractivity contribution in [2.24, 2.45) is 5.73 Å². The van der Waals surface area contributed by atoms with E-state index in [1.165, 1.54) is 12.3 Å². The van der Waals surface area contributed by atoms with E-state index in [0.717, 1.165) is 68.1 Å². The van der Waals surface area contributed by atoms with Crippen LogP contribution < -0.4 is 21.3 Å². The fourth-order valence-corrected chi connectivity index (χ4v) is 5.97. The summed E-state index contributed by atoms with van der Waals surface area (Å²) in [7, 11) is 0. The molecule has 4 N–H and O–H groups in total. The smallest absolute Gasteiger partial charge is 0.368 e. The minimum absolute atomic E-state index is 0.174. The summed E-state index contributed by atoms with van der Waals surface area (Å²) in [4.78, 5) is 22.0. The Kier molecular flexibility index (Phi) is 7.98. The van der Waals surface area contributed by atoms with Crippen LogP contribution in [0, 0.1) is 0 Å². The lowest BCUT2D eigenvalue weighted by Gasteiger charge is -2.46. The Hall–Kier alpha value is -3.66. The van der Waals surface area contributed by atoms with Crippen LogP contribution in [0.25, 0.3) is 11.1 Å². The number of primary amides is 1. The number of amides is 1. The summed E-state index contributed by atoms with van der Waals surface area (Å²) < 4.78 is 38.9. The van der Waals surface area contributed by atoms with E-state index in [4.69, 9.17) is 5.73 Å². The second kappa shape index (κ2) is 11.4. The number of pyridine rings is 2. The van der Waals surface area contributed by atoms with Crippen LogP contribution in [0.3, 0.4) is 0 Å². The Morgan fingerprint density at radius 3 is 2.52 bits per heavy atom. The van der Waals surface area contributed by atoms with E-state index in [-0.39, 0.29) is 17.6 Å². The second-order valence-corrected chi connectivity index (χ2v) is 11.1. The molecule has 2 aliphatic rings. The lowest BCUT2D eigenvalue weighted by molar-refractivity contribution is -0.141. The Labute approximate surface area is 232 Å². The molecule has 1 saturated heterocycles. The number of carbonyl (C=O) groups excluding carboxylic acids is 1. The van der Waals surface area contributed by atoms with E-state index in [0.29, 0.717) is 17.8 Å². The maximum atomic E-state index is 13.0. The topological polar surface area (TPSA) is 96.2 Å². The highest BCUT2D eigenvalue weighted by Gasteiger charge is 2.37. The Morgan fingerprint density at radius 1 is 1.02 bits per heavy atom. The van der Waals surface area contributed by atoms with Gasteiger partial charge in [-0.3, -0.25) is 4.79 Å². The van der Waals surface area contributed by atoms with Gasteiger partial charge in [0.2, 0.25) is 5.91 Å². The van der Waals surface area contributed by atoms with Crippen LogP contribution in [0.4, 0.5) is 24.7 Å². The van der Waals surface area contributed by atoms with Crippen LogP contribution in [0.15, 0.2) is 60.9 Å². The SMILES string of the molecule is C[C@]1(N[C@@H]2CCCC[C@H]2Nc2cc(-c3cccc(C(N)=O)c3)ccn2)CCCN(c2ccc(C(F)(F)F)nc2)C1. The number of aromatic nitrogens is 2. The maximum absolute atomic E-state index is 13.0. The third-order valence-electron chi connectivity index (χ3n) is 7.97. The van der Waals surface area contributed by atoms with Crippen LogP contribution in [-0.2, 0) is 6.18 Å². The molecule has 3 aromatic rings. The van der Waals surface area contributed by atoms with Gasteiger partial charge in [-0.25, -0.2) is 9.97 Å². The highest BCUT2D eigenvalue weighted by molar-refractivity contribution is 5.94. The van der Waals surface area contributed by atoms with E-state index in [1.807, 2.05) is 24.3 Å². The van der Waals surface area contributed by atoms with Crippen LogP contribution in [0.2, 0.25) is 0 Å². The first-order chi connectivity index (χ1) is 19.1. The number of halogens is 3. The van der Waals surface area contributed by atoms with Crippen molar-refractivity contribution in [2.75, 3.05) is 23.3 Å². The van der Waals surface area contributed by atoms with E-state index in [9.17, 15) is 18.0 Å². The van der Waals surface area contributed by atoms with Crippen molar-refractivity contribution in [3.05, 3.63) is 72.2 Å². The second-order valence-electron chi connectivity index (χ2n) is 11.1. The van der Waals surface area contributed by atoms with Gasteiger partial charge in [-0.05, 0) is 80.1 Å². The molecule has 0 spiro atoms. The Morgan fingerprint density at radius 2 is 1.80 bits per heavy atom. The fraction of sp³-hybridized carbons (Fsp3) is 0.433. The van der Waals surface area contributed by atoms with Gasteiger partial charge in [0.15, 0.2) is 0 Å². The fourth-order valence-electron chi connectivity index (χ4n) is 5.97. The van der Waals surface area contributed by atoms with E-state index < -0.39 is 17.8 Å². The molecule has 1 amide bonds. The van der Waals surface area contributed by atoms with Crippen molar-refractivity contribution in [3.8, 4) is 11.1 Å². The first kappa shape index (κ1) is 27.9. The molecule has 3 atom stereocenters. The standard InChI is InChI=1S/C30H35F3N6O/c1-29(13-5-15-39(19-29)23-10-11-26(36-18-23)30(31,32)33)38-25-9-3-2-8-24(25)37-27-17-21(12-14-35-27)20-6-4-7-22(16-20)28(34)40/h4,6-7,10-12,14,16-18,24-25,38H,2-3,5,8-9,13,15,19H2,1H3,(H2,34,40)(H,35,37)/t24-,25-,29+/m1/s1. The summed E-state index contributed by atoms with van der Waals surface area (Å²) in [6.07, 6.45) is 4.84. The first-order valence-electron chi connectivity index (χ1n) is 13.8. The zero-order chi connectivity index (χ0) is 28.3. The monoisotopic (exact) mass is 552 g/mol. The summed E-state index contributed by atoms with van der Waals surface area (Å²) >= 11 is 0. The van der Waals surface area contributed by atoms with Gasteiger partial charge in [-0.15, -0.1) is 0 Å². The number of nitrogens with zero attached hydrogens (tertiary/aromatic N) is 3.